The first-order valence-electron chi connectivity index (χ1n) is 14.7. The van der Waals surface area contributed by atoms with Crippen molar-refractivity contribution in [2.45, 2.75) is 49.1 Å². The van der Waals surface area contributed by atoms with E-state index in [-0.39, 0.29) is 36.0 Å². The Morgan fingerprint density at radius 1 is 1.05 bits per heavy atom. The van der Waals surface area contributed by atoms with Crippen LogP contribution in [0.5, 0.6) is 0 Å². The van der Waals surface area contributed by atoms with Crippen molar-refractivity contribution in [1.82, 2.24) is 14.1 Å². The molecule has 0 aliphatic carbocycles. The molecule has 1 heterocycles. The lowest BCUT2D eigenvalue weighted by Crippen LogP contribution is -2.48. The molecule has 7 nitrogen and oxygen atoms in total. The number of sulfonamides is 1. The number of rotatable bonds is 13. The van der Waals surface area contributed by atoms with Gasteiger partial charge in [-0.15, -0.1) is 6.58 Å². The fraction of sp³-hybridized carbons (Fsp3) is 0.382. The predicted molar refractivity (Wildman–Crippen MR) is 168 cm³/mol. The minimum Gasteiger partial charge on any atom is -0.445 e. The van der Waals surface area contributed by atoms with Crippen LogP contribution in [0.25, 0.3) is 0 Å². The van der Waals surface area contributed by atoms with Crippen LogP contribution in [0, 0.1) is 5.82 Å². The van der Waals surface area contributed by atoms with E-state index in [1.165, 1.54) is 16.4 Å². The second-order valence-corrected chi connectivity index (χ2v) is 13.5. The summed E-state index contributed by atoms with van der Waals surface area (Å²) in [4.78, 5) is 17.3. The number of hydrogen-bond donors (Lipinski definition) is 0. The molecule has 1 fully saturated rings. The number of ether oxygens (including phenoxy) is 1. The highest BCUT2D eigenvalue weighted by Crippen LogP contribution is 2.32. The summed E-state index contributed by atoms with van der Waals surface area (Å²) >= 11 is 0. The Hall–Kier alpha value is -3.53. The number of benzene rings is 3. The highest BCUT2D eigenvalue weighted by molar-refractivity contribution is 7.89. The Bertz CT molecular complexity index is 1450. The van der Waals surface area contributed by atoms with Crippen LogP contribution in [0.1, 0.15) is 37.3 Å². The molecule has 1 amide bonds. The Morgan fingerprint density at radius 3 is 2.33 bits per heavy atom. The summed E-state index contributed by atoms with van der Waals surface area (Å²) in [6, 6.07) is 24.5. The number of carbonyl (C=O) groups excluding carboxylic acids is 1. The van der Waals surface area contributed by atoms with Gasteiger partial charge < -0.3 is 14.5 Å². The molecule has 1 aliphatic heterocycles. The van der Waals surface area contributed by atoms with Gasteiger partial charge in [-0.3, -0.25) is 0 Å². The zero-order valence-electron chi connectivity index (χ0n) is 25.1. The van der Waals surface area contributed by atoms with E-state index in [1.54, 1.807) is 54.4 Å². The highest BCUT2D eigenvalue weighted by Gasteiger charge is 2.35. The Morgan fingerprint density at radius 2 is 1.70 bits per heavy atom. The summed E-state index contributed by atoms with van der Waals surface area (Å²) in [6.07, 6.45) is 3.58. The number of piperidine rings is 1. The number of carbonyl (C=O) groups is 1. The Labute approximate surface area is 255 Å². The first kappa shape index (κ1) is 32.4. The lowest BCUT2D eigenvalue weighted by atomic mass is 9.79. The quantitative estimate of drug-likeness (QED) is 0.220. The van der Waals surface area contributed by atoms with Crippen molar-refractivity contribution in [3.63, 3.8) is 0 Å². The zero-order valence-corrected chi connectivity index (χ0v) is 25.9. The first-order valence-corrected chi connectivity index (χ1v) is 16.1. The van der Waals surface area contributed by atoms with E-state index in [1.807, 2.05) is 43.3 Å². The van der Waals surface area contributed by atoms with Crippen molar-refractivity contribution in [1.29, 1.82) is 0 Å². The lowest BCUT2D eigenvalue weighted by Gasteiger charge is -2.40. The molecule has 43 heavy (non-hydrogen) atoms. The third kappa shape index (κ3) is 8.53. The summed E-state index contributed by atoms with van der Waals surface area (Å²) in [7, 11) is -2.14. The van der Waals surface area contributed by atoms with Crippen molar-refractivity contribution in [2.75, 3.05) is 39.8 Å². The van der Waals surface area contributed by atoms with Crippen LogP contribution in [0.4, 0.5) is 9.18 Å². The number of nitrogens with zero attached hydrogens (tertiary/aromatic N) is 3. The molecule has 1 atom stereocenters. The standard InChI is InChI=1S/C34H42FN3O4S/c1-4-21-38(33(39)42-26-28-12-7-5-8-13-28)31-18-22-37(23-19-31)24-20-34(2,29-14-11-15-30(35)25-29)27-36(3)43(40,41)32-16-9-6-10-17-32/h4-17,25,31H,1,18-24,26-27H2,2-3H3. The molecule has 0 N–H and O–H groups in total. The van der Waals surface area contributed by atoms with Crippen molar-refractivity contribution >= 4 is 16.1 Å². The van der Waals surface area contributed by atoms with Crippen LogP contribution in [0.2, 0.25) is 0 Å². The molecule has 1 saturated heterocycles. The van der Waals surface area contributed by atoms with Crippen LogP contribution in [0.3, 0.4) is 0 Å². The van der Waals surface area contributed by atoms with Crippen molar-refractivity contribution in [3.05, 3.63) is 115 Å². The van der Waals surface area contributed by atoms with Crippen molar-refractivity contribution < 1.29 is 22.3 Å². The Kier molecular flexibility index (Phi) is 11.1. The summed E-state index contributed by atoms with van der Waals surface area (Å²) in [5.74, 6) is -0.348. The third-order valence-electron chi connectivity index (χ3n) is 8.29. The van der Waals surface area contributed by atoms with Crippen molar-refractivity contribution in [3.8, 4) is 0 Å². The minimum absolute atomic E-state index is 0.0364. The van der Waals surface area contributed by atoms with Gasteiger partial charge in [-0.1, -0.05) is 73.7 Å². The molecule has 3 aromatic carbocycles. The molecular weight excluding hydrogens is 565 g/mol. The van der Waals surface area contributed by atoms with E-state index in [4.69, 9.17) is 4.74 Å². The molecule has 0 radical (unpaired) electrons. The van der Waals surface area contributed by atoms with E-state index < -0.39 is 15.4 Å². The van der Waals surface area contributed by atoms with Gasteiger partial charge in [-0.05, 0) is 61.2 Å². The Balaban J connectivity index is 1.39. The van der Waals surface area contributed by atoms with Gasteiger partial charge in [0.15, 0.2) is 0 Å². The number of likely N-dealkylation sites (tertiary alicyclic amines) is 1. The molecule has 0 bridgehead atoms. The monoisotopic (exact) mass is 607 g/mol. The van der Waals surface area contributed by atoms with E-state index in [0.29, 0.717) is 19.5 Å². The van der Waals surface area contributed by atoms with E-state index in [9.17, 15) is 17.6 Å². The number of likely N-dealkylation sites (N-methyl/N-ethyl adjacent to an activating group) is 1. The van der Waals surface area contributed by atoms with Gasteiger partial charge in [0.25, 0.3) is 0 Å². The van der Waals surface area contributed by atoms with E-state index in [2.05, 4.69) is 11.5 Å². The maximum Gasteiger partial charge on any atom is 0.410 e. The average molecular weight is 608 g/mol. The lowest BCUT2D eigenvalue weighted by molar-refractivity contribution is 0.0646. The molecule has 0 aromatic heterocycles. The predicted octanol–water partition coefficient (Wildman–Crippen LogP) is 6.08. The van der Waals surface area contributed by atoms with Gasteiger partial charge in [-0.25, -0.2) is 21.9 Å². The second kappa shape index (κ2) is 14.8. The van der Waals surface area contributed by atoms with Crippen LogP contribution in [0.15, 0.2) is 102 Å². The maximum absolute atomic E-state index is 14.3. The molecule has 9 heteroatoms. The summed E-state index contributed by atoms with van der Waals surface area (Å²) in [5, 5.41) is 0. The van der Waals surface area contributed by atoms with Gasteiger partial charge in [-0.2, -0.15) is 0 Å². The minimum atomic E-state index is -3.72. The highest BCUT2D eigenvalue weighted by atomic mass is 32.2. The SMILES string of the molecule is C=CCN(C(=O)OCc1ccccc1)C1CCN(CCC(C)(CN(C)S(=O)(=O)c2ccccc2)c2cccc(F)c2)CC1. The zero-order chi connectivity index (χ0) is 30.9. The average Bonchev–Trinajstić information content (AvgIpc) is 3.02. The summed E-state index contributed by atoms with van der Waals surface area (Å²) < 4.78 is 48.0. The second-order valence-electron chi connectivity index (χ2n) is 11.4. The number of amides is 1. The van der Waals surface area contributed by atoms with Crippen LogP contribution < -0.4 is 0 Å². The fourth-order valence-corrected chi connectivity index (χ4v) is 7.02. The largest absolute Gasteiger partial charge is 0.445 e. The number of halogens is 1. The number of hydrogen-bond acceptors (Lipinski definition) is 5. The molecule has 1 aliphatic rings. The fourth-order valence-electron chi connectivity index (χ4n) is 5.70. The topological polar surface area (TPSA) is 70.2 Å². The smallest absolute Gasteiger partial charge is 0.410 e. The van der Waals surface area contributed by atoms with Crippen molar-refractivity contribution in [2.24, 2.45) is 0 Å². The van der Waals surface area contributed by atoms with Gasteiger partial charge in [0, 0.05) is 44.7 Å². The van der Waals surface area contributed by atoms with Crippen LogP contribution in [-0.4, -0.2) is 74.4 Å². The van der Waals surface area contributed by atoms with Gasteiger partial charge in [0.2, 0.25) is 10.0 Å². The molecular formula is C34H42FN3O4S. The van der Waals surface area contributed by atoms with E-state index in [0.717, 1.165) is 37.1 Å². The van der Waals surface area contributed by atoms with Crippen LogP contribution in [-0.2, 0) is 26.8 Å². The molecule has 3 aromatic rings. The van der Waals surface area contributed by atoms with Gasteiger partial charge >= 0.3 is 6.09 Å². The van der Waals surface area contributed by atoms with Crippen LogP contribution >= 0.6 is 0 Å². The maximum atomic E-state index is 14.3. The molecule has 0 spiro atoms. The van der Waals surface area contributed by atoms with Gasteiger partial charge in [0.1, 0.15) is 12.4 Å². The molecule has 4 rings (SSSR count). The van der Waals surface area contributed by atoms with Gasteiger partial charge in [0.05, 0.1) is 4.90 Å². The molecule has 1 unspecified atom stereocenters. The summed E-state index contributed by atoms with van der Waals surface area (Å²) in [6.45, 7) is 8.93. The molecule has 0 saturated carbocycles. The summed E-state index contributed by atoms with van der Waals surface area (Å²) in [5.41, 5.74) is 1.06. The molecule has 230 valence electrons. The van der Waals surface area contributed by atoms with E-state index >= 15 is 0 Å². The normalized spacial score (nSPS) is 16.0. The first-order chi connectivity index (χ1) is 20.6. The third-order valence-corrected chi connectivity index (χ3v) is 10.1.